The molecule has 1 amide bonds. The SMILES string of the molecule is N#CCN(C(=O)CN1CC[C@H](O)C1)c1ccccc1. The lowest BCUT2D eigenvalue weighted by Gasteiger charge is -2.23. The van der Waals surface area contributed by atoms with Gasteiger partial charge in [-0.05, 0) is 18.6 Å². The monoisotopic (exact) mass is 259 g/mol. The van der Waals surface area contributed by atoms with Gasteiger partial charge in [0.25, 0.3) is 0 Å². The van der Waals surface area contributed by atoms with Crippen molar-refractivity contribution in [1.82, 2.24) is 4.90 Å². The lowest BCUT2D eigenvalue weighted by atomic mass is 10.2. The molecular formula is C14H17N3O2. The third-order valence-corrected chi connectivity index (χ3v) is 3.20. The van der Waals surface area contributed by atoms with E-state index in [1.807, 2.05) is 41.3 Å². The van der Waals surface area contributed by atoms with Crippen molar-refractivity contribution in [2.24, 2.45) is 0 Å². The molecule has 0 spiro atoms. The third kappa shape index (κ3) is 3.53. The molecule has 1 N–H and O–H groups in total. The summed E-state index contributed by atoms with van der Waals surface area (Å²) in [6.45, 7) is 1.54. The number of hydrogen-bond donors (Lipinski definition) is 1. The second kappa shape index (κ2) is 6.32. The van der Waals surface area contributed by atoms with Crippen molar-refractivity contribution in [2.45, 2.75) is 12.5 Å². The largest absolute Gasteiger partial charge is 0.392 e. The number of likely N-dealkylation sites (tertiary alicyclic amines) is 1. The first-order chi connectivity index (χ1) is 9.20. The predicted octanol–water partition coefficient (Wildman–Crippen LogP) is 0.610. The number of nitriles is 1. The molecule has 0 bridgehead atoms. The van der Waals surface area contributed by atoms with Crippen molar-refractivity contribution >= 4 is 11.6 Å². The van der Waals surface area contributed by atoms with Crippen molar-refractivity contribution in [1.29, 1.82) is 5.26 Å². The first kappa shape index (κ1) is 13.5. The summed E-state index contributed by atoms with van der Waals surface area (Å²) in [7, 11) is 0. The molecule has 5 heteroatoms. The summed E-state index contributed by atoms with van der Waals surface area (Å²) in [5.74, 6) is -0.109. The van der Waals surface area contributed by atoms with E-state index in [4.69, 9.17) is 5.26 Å². The van der Waals surface area contributed by atoms with Crippen molar-refractivity contribution in [3.05, 3.63) is 30.3 Å². The van der Waals surface area contributed by atoms with Crippen molar-refractivity contribution < 1.29 is 9.90 Å². The number of aliphatic hydroxyl groups excluding tert-OH is 1. The van der Waals surface area contributed by atoms with Gasteiger partial charge in [0.2, 0.25) is 5.91 Å². The van der Waals surface area contributed by atoms with E-state index in [0.717, 1.165) is 12.2 Å². The highest BCUT2D eigenvalue weighted by atomic mass is 16.3. The van der Waals surface area contributed by atoms with E-state index in [1.54, 1.807) is 0 Å². The Morgan fingerprint density at radius 1 is 1.47 bits per heavy atom. The average Bonchev–Trinajstić information content (AvgIpc) is 2.82. The lowest BCUT2D eigenvalue weighted by molar-refractivity contribution is -0.119. The first-order valence-electron chi connectivity index (χ1n) is 6.33. The van der Waals surface area contributed by atoms with Gasteiger partial charge in [-0.25, -0.2) is 0 Å². The maximum Gasteiger partial charge on any atom is 0.242 e. The minimum Gasteiger partial charge on any atom is -0.392 e. The maximum atomic E-state index is 12.2. The molecule has 5 nitrogen and oxygen atoms in total. The number of nitrogens with zero attached hydrogens (tertiary/aromatic N) is 3. The number of para-hydroxylation sites is 1. The van der Waals surface area contributed by atoms with Crippen molar-refractivity contribution in [3.63, 3.8) is 0 Å². The van der Waals surface area contributed by atoms with Crippen molar-refractivity contribution in [3.8, 4) is 6.07 Å². The van der Waals surface area contributed by atoms with Crippen LogP contribution in [0.2, 0.25) is 0 Å². The van der Waals surface area contributed by atoms with Gasteiger partial charge in [0, 0.05) is 18.8 Å². The Labute approximate surface area is 112 Å². The highest BCUT2D eigenvalue weighted by molar-refractivity contribution is 5.95. The number of amides is 1. The van der Waals surface area contributed by atoms with Crippen LogP contribution in [-0.4, -0.2) is 48.2 Å². The van der Waals surface area contributed by atoms with Gasteiger partial charge in [-0.2, -0.15) is 5.26 Å². The standard InChI is InChI=1S/C14H17N3O2/c15-7-9-17(12-4-2-1-3-5-12)14(19)11-16-8-6-13(18)10-16/h1-5,13,18H,6,8-11H2/t13-/m0/s1. The van der Waals surface area contributed by atoms with E-state index in [9.17, 15) is 9.90 Å². The molecule has 19 heavy (non-hydrogen) atoms. The molecule has 1 aromatic carbocycles. The highest BCUT2D eigenvalue weighted by Crippen LogP contribution is 2.15. The normalized spacial score (nSPS) is 19.1. The fraction of sp³-hybridized carbons (Fsp3) is 0.429. The zero-order chi connectivity index (χ0) is 13.7. The Kier molecular flexibility index (Phi) is 4.50. The Morgan fingerprint density at radius 2 is 2.21 bits per heavy atom. The topological polar surface area (TPSA) is 67.6 Å². The van der Waals surface area contributed by atoms with Crippen LogP contribution in [0.4, 0.5) is 5.69 Å². The number of carbonyl (C=O) groups excluding carboxylic acids is 1. The lowest BCUT2D eigenvalue weighted by Crippen LogP contribution is -2.40. The number of anilines is 1. The molecule has 0 aliphatic carbocycles. The Bertz CT molecular complexity index is 469. The fourth-order valence-corrected chi connectivity index (χ4v) is 2.23. The third-order valence-electron chi connectivity index (χ3n) is 3.20. The van der Waals surface area contributed by atoms with E-state index in [0.29, 0.717) is 13.0 Å². The molecule has 0 radical (unpaired) electrons. The molecule has 0 aromatic heterocycles. The van der Waals surface area contributed by atoms with Gasteiger partial charge in [-0.3, -0.25) is 14.6 Å². The number of carbonyl (C=O) groups is 1. The second-order valence-corrected chi connectivity index (χ2v) is 4.65. The molecule has 100 valence electrons. The number of β-amino-alcohol motifs (C(OH)–C–C–N with tert-alkyl or cyclic N) is 1. The Morgan fingerprint density at radius 3 is 2.79 bits per heavy atom. The second-order valence-electron chi connectivity index (χ2n) is 4.65. The maximum absolute atomic E-state index is 12.2. The van der Waals surface area contributed by atoms with Crippen LogP contribution < -0.4 is 4.90 Å². The van der Waals surface area contributed by atoms with Crippen LogP contribution in [-0.2, 0) is 4.79 Å². The van der Waals surface area contributed by atoms with Gasteiger partial charge in [-0.1, -0.05) is 18.2 Å². The van der Waals surface area contributed by atoms with E-state index in [1.165, 1.54) is 4.90 Å². The van der Waals surface area contributed by atoms with Gasteiger partial charge in [0.15, 0.2) is 0 Å². The minimum atomic E-state index is -0.339. The molecule has 1 aliphatic heterocycles. The molecule has 0 unspecified atom stereocenters. The molecule has 1 aliphatic rings. The van der Waals surface area contributed by atoms with Crippen LogP contribution in [0.25, 0.3) is 0 Å². The van der Waals surface area contributed by atoms with Crippen LogP contribution in [0.5, 0.6) is 0 Å². The Hall–Kier alpha value is -1.90. The van der Waals surface area contributed by atoms with Gasteiger partial charge >= 0.3 is 0 Å². The van der Waals surface area contributed by atoms with Crippen LogP contribution in [0, 0.1) is 11.3 Å². The van der Waals surface area contributed by atoms with Crippen LogP contribution in [0.1, 0.15) is 6.42 Å². The summed E-state index contributed by atoms with van der Waals surface area (Å²) >= 11 is 0. The smallest absolute Gasteiger partial charge is 0.242 e. The quantitative estimate of drug-likeness (QED) is 0.804. The highest BCUT2D eigenvalue weighted by Gasteiger charge is 2.24. The molecule has 1 aromatic rings. The minimum absolute atomic E-state index is 0.0409. The van der Waals surface area contributed by atoms with Crippen molar-refractivity contribution in [2.75, 3.05) is 31.1 Å². The van der Waals surface area contributed by atoms with E-state index < -0.39 is 0 Å². The number of benzene rings is 1. The average molecular weight is 259 g/mol. The first-order valence-corrected chi connectivity index (χ1v) is 6.33. The van der Waals surface area contributed by atoms with E-state index in [-0.39, 0.29) is 25.1 Å². The van der Waals surface area contributed by atoms with Gasteiger partial charge in [0.1, 0.15) is 6.54 Å². The van der Waals surface area contributed by atoms with Crippen LogP contribution in [0.15, 0.2) is 30.3 Å². The zero-order valence-corrected chi connectivity index (χ0v) is 10.7. The molecule has 1 atom stereocenters. The molecule has 1 heterocycles. The molecule has 1 saturated heterocycles. The molecule has 0 saturated carbocycles. The Balaban J connectivity index is 2.03. The van der Waals surface area contributed by atoms with Gasteiger partial charge < -0.3 is 5.11 Å². The summed E-state index contributed by atoms with van der Waals surface area (Å²) in [6, 6.07) is 11.2. The summed E-state index contributed by atoms with van der Waals surface area (Å²) < 4.78 is 0. The van der Waals surface area contributed by atoms with E-state index >= 15 is 0 Å². The van der Waals surface area contributed by atoms with Crippen LogP contribution >= 0.6 is 0 Å². The number of rotatable bonds is 4. The zero-order valence-electron chi connectivity index (χ0n) is 10.7. The molecule has 1 fully saturated rings. The number of hydrogen-bond acceptors (Lipinski definition) is 4. The summed E-state index contributed by atoms with van der Waals surface area (Å²) in [5.41, 5.74) is 0.730. The summed E-state index contributed by atoms with van der Waals surface area (Å²) in [4.78, 5) is 15.6. The predicted molar refractivity (Wildman–Crippen MR) is 71.5 cm³/mol. The number of aliphatic hydroxyl groups is 1. The van der Waals surface area contributed by atoms with Gasteiger partial charge in [0.05, 0.1) is 18.7 Å². The summed E-state index contributed by atoms with van der Waals surface area (Å²) in [6.07, 6.45) is 0.366. The van der Waals surface area contributed by atoms with Gasteiger partial charge in [-0.15, -0.1) is 0 Å². The van der Waals surface area contributed by atoms with E-state index in [2.05, 4.69) is 0 Å². The summed E-state index contributed by atoms with van der Waals surface area (Å²) in [5, 5.41) is 18.3. The van der Waals surface area contributed by atoms with Crippen LogP contribution in [0.3, 0.4) is 0 Å². The fourth-order valence-electron chi connectivity index (χ4n) is 2.23. The molecule has 2 rings (SSSR count). The molecular weight excluding hydrogens is 242 g/mol.